The lowest BCUT2D eigenvalue weighted by atomic mass is 10.2. The number of carbonyl (C=O) groups excluding carboxylic acids is 1. The molecular weight excluding hydrogens is 320 g/mol. The molecule has 2 heterocycles. The Morgan fingerprint density at radius 1 is 1.61 bits per heavy atom. The normalized spacial score (nSPS) is 19.2. The molecule has 1 fully saturated rings. The molecule has 1 saturated heterocycles. The number of rotatable bonds is 3. The van der Waals surface area contributed by atoms with Crippen LogP contribution in [0.1, 0.15) is 17.4 Å². The molecule has 1 aromatic heterocycles. The van der Waals surface area contributed by atoms with Gasteiger partial charge in [0, 0.05) is 23.0 Å². The monoisotopic (exact) mass is 332 g/mol. The molecule has 0 aliphatic carbocycles. The molecule has 2 rings (SSSR count). The van der Waals surface area contributed by atoms with E-state index in [0.717, 1.165) is 4.47 Å². The van der Waals surface area contributed by atoms with E-state index in [0.29, 0.717) is 23.9 Å². The zero-order valence-electron chi connectivity index (χ0n) is 9.80. The van der Waals surface area contributed by atoms with Gasteiger partial charge in [-0.05, 0) is 28.9 Å². The van der Waals surface area contributed by atoms with Gasteiger partial charge in [-0.25, -0.2) is 4.79 Å². The van der Waals surface area contributed by atoms with Gasteiger partial charge in [0.1, 0.15) is 11.7 Å². The summed E-state index contributed by atoms with van der Waals surface area (Å²) in [5.74, 6) is -0.279. The lowest BCUT2D eigenvalue weighted by Gasteiger charge is -2.20. The minimum absolute atomic E-state index is 0.222. The van der Waals surface area contributed by atoms with Gasteiger partial charge in [0.25, 0.3) is 5.91 Å². The maximum absolute atomic E-state index is 12.4. The summed E-state index contributed by atoms with van der Waals surface area (Å²) < 4.78 is 2.64. The second-order valence-electron chi connectivity index (χ2n) is 3.96. The van der Waals surface area contributed by atoms with E-state index in [4.69, 9.17) is 5.11 Å². The standard InChI is InChI=1S/C11H13BrN2O3S/c1-2-13-4-7(12)3-8(13)10(15)14-6-18-5-9(14)11(16)17/h3-4,9H,2,5-6H2,1H3,(H,16,17)/t9-/m0/s1. The Labute approximate surface area is 117 Å². The minimum Gasteiger partial charge on any atom is -0.480 e. The number of aromatic nitrogens is 1. The average Bonchev–Trinajstić information content (AvgIpc) is 2.93. The van der Waals surface area contributed by atoms with Crippen molar-refractivity contribution in [1.82, 2.24) is 9.47 Å². The molecule has 1 amide bonds. The number of hydrogen-bond acceptors (Lipinski definition) is 3. The van der Waals surface area contributed by atoms with Crippen molar-refractivity contribution in [2.45, 2.75) is 19.5 Å². The number of hydrogen-bond donors (Lipinski definition) is 1. The van der Waals surface area contributed by atoms with Crippen LogP contribution in [0.2, 0.25) is 0 Å². The average molecular weight is 333 g/mol. The van der Waals surface area contributed by atoms with Crippen molar-refractivity contribution in [3.05, 3.63) is 22.4 Å². The molecule has 1 aliphatic heterocycles. The molecule has 0 aromatic carbocycles. The van der Waals surface area contributed by atoms with Crippen LogP contribution in [0.15, 0.2) is 16.7 Å². The predicted octanol–water partition coefficient (Wildman–Crippen LogP) is 1.87. The molecule has 18 heavy (non-hydrogen) atoms. The summed E-state index contributed by atoms with van der Waals surface area (Å²) in [6.45, 7) is 2.61. The number of thioether (sulfide) groups is 1. The lowest BCUT2D eigenvalue weighted by Crippen LogP contribution is -2.42. The third-order valence-electron chi connectivity index (χ3n) is 2.85. The summed E-state index contributed by atoms with van der Waals surface area (Å²) in [4.78, 5) is 24.9. The van der Waals surface area contributed by atoms with Crippen molar-refractivity contribution in [3.8, 4) is 0 Å². The number of aryl methyl sites for hydroxylation is 1. The van der Waals surface area contributed by atoms with E-state index in [1.54, 1.807) is 6.07 Å². The Morgan fingerprint density at radius 3 is 2.94 bits per heavy atom. The van der Waals surface area contributed by atoms with Crippen molar-refractivity contribution in [2.75, 3.05) is 11.6 Å². The van der Waals surface area contributed by atoms with E-state index < -0.39 is 12.0 Å². The van der Waals surface area contributed by atoms with Crippen molar-refractivity contribution in [2.24, 2.45) is 0 Å². The smallest absolute Gasteiger partial charge is 0.327 e. The van der Waals surface area contributed by atoms with Crippen LogP contribution >= 0.6 is 27.7 Å². The largest absolute Gasteiger partial charge is 0.480 e. The van der Waals surface area contributed by atoms with Crippen LogP contribution in [0.5, 0.6) is 0 Å². The topological polar surface area (TPSA) is 62.5 Å². The Hall–Kier alpha value is -0.950. The van der Waals surface area contributed by atoms with Gasteiger partial charge >= 0.3 is 5.97 Å². The molecule has 1 N–H and O–H groups in total. The number of carboxylic acids is 1. The fourth-order valence-corrected chi connectivity index (χ4v) is 3.52. The second kappa shape index (κ2) is 5.36. The molecule has 5 nitrogen and oxygen atoms in total. The lowest BCUT2D eigenvalue weighted by molar-refractivity contribution is -0.140. The number of nitrogens with zero attached hydrogens (tertiary/aromatic N) is 2. The number of amides is 1. The fraction of sp³-hybridized carbons (Fsp3) is 0.455. The minimum atomic E-state index is -0.943. The first kappa shape index (κ1) is 13.5. The van der Waals surface area contributed by atoms with Crippen molar-refractivity contribution >= 4 is 39.6 Å². The van der Waals surface area contributed by atoms with Crippen LogP contribution < -0.4 is 0 Å². The van der Waals surface area contributed by atoms with E-state index in [-0.39, 0.29) is 5.91 Å². The van der Waals surface area contributed by atoms with E-state index in [1.165, 1.54) is 16.7 Å². The Balaban J connectivity index is 2.27. The summed E-state index contributed by atoms with van der Waals surface area (Å²) >= 11 is 4.80. The molecule has 0 unspecified atom stereocenters. The first-order valence-electron chi connectivity index (χ1n) is 5.51. The molecular formula is C11H13BrN2O3S. The number of carbonyl (C=O) groups is 2. The maximum Gasteiger partial charge on any atom is 0.327 e. The van der Waals surface area contributed by atoms with Gasteiger partial charge in [-0.2, -0.15) is 0 Å². The van der Waals surface area contributed by atoms with Gasteiger partial charge in [-0.15, -0.1) is 11.8 Å². The highest BCUT2D eigenvalue weighted by molar-refractivity contribution is 9.10. The SMILES string of the molecule is CCn1cc(Br)cc1C(=O)N1CSC[C@H]1C(=O)O. The van der Waals surface area contributed by atoms with E-state index in [2.05, 4.69) is 15.9 Å². The van der Waals surface area contributed by atoms with Crippen LogP contribution in [0.25, 0.3) is 0 Å². The van der Waals surface area contributed by atoms with Gasteiger partial charge in [-0.1, -0.05) is 0 Å². The first-order chi connectivity index (χ1) is 8.54. The van der Waals surface area contributed by atoms with Gasteiger partial charge in [-0.3, -0.25) is 4.79 Å². The number of halogens is 1. The number of carboxylic acid groups (broad SMARTS) is 1. The van der Waals surface area contributed by atoms with Crippen molar-refractivity contribution in [1.29, 1.82) is 0 Å². The highest BCUT2D eigenvalue weighted by Crippen LogP contribution is 2.25. The molecule has 98 valence electrons. The van der Waals surface area contributed by atoms with Crippen LogP contribution in [-0.4, -0.2) is 44.1 Å². The zero-order chi connectivity index (χ0) is 13.3. The van der Waals surface area contributed by atoms with E-state index in [9.17, 15) is 9.59 Å². The second-order valence-corrected chi connectivity index (χ2v) is 5.87. The Bertz CT molecular complexity index is 489. The third kappa shape index (κ3) is 2.42. The van der Waals surface area contributed by atoms with Crippen LogP contribution in [0.4, 0.5) is 0 Å². The molecule has 0 radical (unpaired) electrons. The summed E-state index contributed by atoms with van der Waals surface area (Å²) in [6.07, 6.45) is 1.83. The fourth-order valence-electron chi connectivity index (χ4n) is 1.91. The molecule has 7 heteroatoms. The van der Waals surface area contributed by atoms with Crippen LogP contribution in [0.3, 0.4) is 0 Å². The van der Waals surface area contributed by atoms with E-state index in [1.807, 2.05) is 17.7 Å². The molecule has 1 atom stereocenters. The zero-order valence-corrected chi connectivity index (χ0v) is 12.2. The Morgan fingerprint density at radius 2 is 2.33 bits per heavy atom. The summed E-state index contributed by atoms with van der Waals surface area (Å²) in [6, 6.07) is 1.01. The quantitative estimate of drug-likeness (QED) is 0.917. The highest BCUT2D eigenvalue weighted by atomic mass is 79.9. The third-order valence-corrected chi connectivity index (χ3v) is 4.30. The van der Waals surface area contributed by atoms with Gasteiger partial charge in [0.05, 0.1) is 5.88 Å². The molecule has 0 bridgehead atoms. The predicted molar refractivity (Wildman–Crippen MR) is 72.7 cm³/mol. The van der Waals surface area contributed by atoms with Crippen molar-refractivity contribution in [3.63, 3.8) is 0 Å². The first-order valence-corrected chi connectivity index (χ1v) is 7.46. The molecule has 1 aliphatic rings. The highest BCUT2D eigenvalue weighted by Gasteiger charge is 2.35. The van der Waals surface area contributed by atoms with E-state index >= 15 is 0 Å². The summed E-state index contributed by atoms with van der Waals surface area (Å²) in [5.41, 5.74) is 0.526. The van der Waals surface area contributed by atoms with Gasteiger partial charge in [0.15, 0.2) is 0 Å². The molecule has 0 spiro atoms. The van der Waals surface area contributed by atoms with Crippen LogP contribution in [-0.2, 0) is 11.3 Å². The molecule has 1 aromatic rings. The number of aliphatic carboxylic acids is 1. The summed E-state index contributed by atoms with van der Waals surface area (Å²) in [5, 5.41) is 9.09. The van der Waals surface area contributed by atoms with Crippen molar-refractivity contribution < 1.29 is 14.7 Å². The van der Waals surface area contributed by atoms with Gasteiger partial charge < -0.3 is 14.6 Å². The van der Waals surface area contributed by atoms with Gasteiger partial charge in [0.2, 0.25) is 0 Å². The van der Waals surface area contributed by atoms with Crippen LogP contribution in [0, 0.1) is 0 Å². The summed E-state index contributed by atoms with van der Waals surface area (Å²) in [7, 11) is 0. The Kier molecular flexibility index (Phi) is 4.01. The molecule has 0 saturated carbocycles. The maximum atomic E-state index is 12.4.